The van der Waals surface area contributed by atoms with Crippen LogP contribution in [0, 0.1) is 0 Å². The van der Waals surface area contributed by atoms with Crippen molar-refractivity contribution in [2.45, 2.75) is 32.9 Å². The van der Waals surface area contributed by atoms with E-state index in [9.17, 15) is 14.4 Å². The van der Waals surface area contributed by atoms with Crippen LogP contribution in [-0.4, -0.2) is 42.1 Å². The third-order valence-corrected chi connectivity index (χ3v) is 5.18. The van der Waals surface area contributed by atoms with Crippen molar-refractivity contribution in [3.8, 4) is 5.75 Å². The van der Waals surface area contributed by atoms with E-state index in [4.69, 9.17) is 9.47 Å². The Labute approximate surface area is 183 Å². The number of hydrogen-bond donors (Lipinski definition) is 0. The first-order valence-corrected chi connectivity index (χ1v) is 10.0. The van der Waals surface area contributed by atoms with Gasteiger partial charge in [-0.05, 0) is 45.0 Å². The van der Waals surface area contributed by atoms with Gasteiger partial charge >= 0.3 is 11.8 Å². The standard InChI is InChI=1S/C22H25N5O5/c1-22(2,3)32-21(30)27-14(9-13-10-15(31-6)7-8-16(13)27)11-26-19(28)17-18(23-12-24(17)4)25(5)20(26)29/h7-10,12H,11H2,1-6H3. The van der Waals surface area contributed by atoms with Crippen LogP contribution in [0.15, 0.2) is 40.2 Å². The number of imidazole rings is 1. The van der Waals surface area contributed by atoms with E-state index in [1.807, 2.05) is 0 Å². The molecule has 0 radical (unpaired) electrons. The Kier molecular flexibility index (Phi) is 4.95. The highest BCUT2D eigenvalue weighted by atomic mass is 16.6. The average molecular weight is 439 g/mol. The maximum atomic E-state index is 13.2. The molecule has 4 aromatic rings. The van der Waals surface area contributed by atoms with E-state index in [0.717, 1.165) is 9.95 Å². The molecule has 168 valence electrons. The lowest BCUT2D eigenvalue weighted by Gasteiger charge is -2.21. The lowest BCUT2D eigenvalue weighted by molar-refractivity contribution is 0.0540. The molecule has 10 heteroatoms. The molecule has 32 heavy (non-hydrogen) atoms. The molecule has 0 atom stereocenters. The number of rotatable bonds is 3. The highest BCUT2D eigenvalue weighted by Crippen LogP contribution is 2.26. The predicted octanol–water partition coefficient (Wildman–Crippen LogP) is 2.23. The fraction of sp³-hybridized carbons (Fsp3) is 0.364. The quantitative estimate of drug-likeness (QED) is 0.485. The molecule has 0 saturated carbocycles. The Morgan fingerprint density at radius 2 is 1.84 bits per heavy atom. The van der Waals surface area contributed by atoms with Gasteiger partial charge in [-0.25, -0.2) is 19.1 Å². The normalized spacial score (nSPS) is 11.9. The van der Waals surface area contributed by atoms with Gasteiger partial charge in [0.15, 0.2) is 11.2 Å². The molecule has 0 spiro atoms. The molecule has 0 aliphatic rings. The summed E-state index contributed by atoms with van der Waals surface area (Å²) in [4.78, 5) is 43.4. The van der Waals surface area contributed by atoms with Crippen LogP contribution in [-0.2, 0) is 25.4 Å². The van der Waals surface area contributed by atoms with E-state index in [1.165, 1.54) is 15.5 Å². The second kappa shape index (κ2) is 7.40. The number of fused-ring (bicyclic) bond motifs is 2. The lowest BCUT2D eigenvalue weighted by Crippen LogP contribution is -2.40. The van der Waals surface area contributed by atoms with Gasteiger partial charge in [0, 0.05) is 19.5 Å². The third-order valence-electron chi connectivity index (χ3n) is 5.18. The molecule has 0 N–H and O–H groups in total. The zero-order valence-corrected chi connectivity index (χ0v) is 18.9. The summed E-state index contributed by atoms with van der Waals surface area (Å²) < 4.78 is 16.3. The molecule has 4 rings (SSSR count). The molecule has 0 amide bonds. The minimum absolute atomic E-state index is 0.122. The summed E-state index contributed by atoms with van der Waals surface area (Å²) in [6.07, 6.45) is 0.888. The van der Waals surface area contributed by atoms with Crippen LogP contribution in [0.2, 0.25) is 0 Å². The van der Waals surface area contributed by atoms with E-state index >= 15 is 0 Å². The molecule has 3 heterocycles. The van der Waals surface area contributed by atoms with Crippen LogP contribution in [0.3, 0.4) is 0 Å². The second-order valence-corrected chi connectivity index (χ2v) is 8.64. The van der Waals surface area contributed by atoms with Gasteiger partial charge in [-0.1, -0.05) is 0 Å². The Hall–Kier alpha value is -3.82. The van der Waals surface area contributed by atoms with Gasteiger partial charge in [0.1, 0.15) is 11.4 Å². The van der Waals surface area contributed by atoms with Gasteiger partial charge in [0.05, 0.1) is 31.2 Å². The number of carbonyl (C=O) groups is 1. The van der Waals surface area contributed by atoms with Gasteiger partial charge in [-0.15, -0.1) is 0 Å². The van der Waals surface area contributed by atoms with Crippen molar-refractivity contribution in [1.29, 1.82) is 0 Å². The van der Waals surface area contributed by atoms with Crippen molar-refractivity contribution in [2.24, 2.45) is 14.1 Å². The van der Waals surface area contributed by atoms with Gasteiger partial charge in [0.25, 0.3) is 5.56 Å². The summed E-state index contributed by atoms with van der Waals surface area (Å²) >= 11 is 0. The number of benzene rings is 1. The van der Waals surface area contributed by atoms with Crippen molar-refractivity contribution in [2.75, 3.05) is 7.11 Å². The van der Waals surface area contributed by atoms with Crippen LogP contribution in [0.1, 0.15) is 26.5 Å². The fourth-order valence-electron chi connectivity index (χ4n) is 3.71. The minimum atomic E-state index is -0.724. The number of aromatic nitrogens is 5. The first kappa shape index (κ1) is 21.4. The number of ether oxygens (including phenoxy) is 2. The van der Waals surface area contributed by atoms with E-state index in [2.05, 4.69) is 4.98 Å². The van der Waals surface area contributed by atoms with Crippen LogP contribution in [0.25, 0.3) is 22.1 Å². The fourth-order valence-corrected chi connectivity index (χ4v) is 3.71. The molecule has 3 aromatic heterocycles. The predicted molar refractivity (Wildman–Crippen MR) is 119 cm³/mol. The SMILES string of the molecule is COc1ccc2c(c1)cc(Cn1c(=O)c3c(ncn3C)n(C)c1=O)n2C(=O)OC(C)(C)C. The number of nitrogens with zero attached hydrogens (tertiary/aromatic N) is 5. The Balaban J connectivity index is 1.94. The number of carbonyl (C=O) groups excluding carboxylic acids is 1. The van der Waals surface area contributed by atoms with Crippen molar-refractivity contribution in [1.82, 2.24) is 23.3 Å². The van der Waals surface area contributed by atoms with E-state index in [1.54, 1.807) is 70.8 Å². The van der Waals surface area contributed by atoms with Crippen molar-refractivity contribution >= 4 is 28.2 Å². The maximum Gasteiger partial charge on any atom is 0.419 e. The topological polar surface area (TPSA) is 102 Å². The van der Waals surface area contributed by atoms with E-state index < -0.39 is 22.9 Å². The average Bonchev–Trinajstić information content (AvgIpc) is 3.28. The molecule has 0 fully saturated rings. The van der Waals surface area contributed by atoms with E-state index in [0.29, 0.717) is 28.1 Å². The summed E-state index contributed by atoms with van der Waals surface area (Å²) in [5.74, 6) is 0.620. The molecular weight excluding hydrogens is 414 g/mol. The number of methoxy groups -OCH3 is 1. The Morgan fingerprint density at radius 1 is 1.12 bits per heavy atom. The van der Waals surface area contributed by atoms with Crippen LogP contribution >= 0.6 is 0 Å². The summed E-state index contributed by atoms with van der Waals surface area (Å²) in [6.45, 7) is 5.20. The number of hydrogen-bond acceptors (Lipinski definition) is 6. The zero-order chi connectivity index (χ0) is 23.4. The Bertz CT molecular complexity index is 1480. The van der Waals surface area contributed by atoms with Gasteiger partial charge < -0.3 is 14.0 Å². The second-order valence-electron chi connectivity index (χ2n) is 8.64. The van der Waals surface area contributed by atoms with Crippen molar-refractivity contribution < 1.29 is 14.3 Å². The third kappa shape index (κ3) is 3.47. The molecule has 10 nitrogen and oxygen atoms in total. The summed E-state index contributed by atoms with van der Waals surface area (Å²) in [5, 5.41) is 0.719. The molecule has 0 aliphatic carbocycles. The van der Waals surface area contributed by atoms with Crippen molar-refractivity contribution in [3.63, 3.8) is 0 Å². The lowest BCUT2D eigenvalue weighted by atomic mass is 10.2. The molecule has 0 saturated heterocycles. The molecule has 0 aliphatic heterocycles. The highest BCUT2D eigenvalue weighted by Gasteiger charge is 2.24. The number of aryl methyl sites for hydroxylation is 2. The molecule has 0 unspecified atom stereocenters. The first-order chi connectivity index (χ1) is 15.0. The largest absolute Gasteiger partial charge is 0.497 e. The maximum absolute atomic E-state index is 13.2. The minimum Gasteiger partial charge on any atom is -0.497 e. The summed E-state index contributed by atoms with van der Waals surface area (Å²) in [5.41, 5.74) is -0.117. The highest BCUT2D eigenvalue weighted by molar-refractivity contribution is 5.91. The molecule has 1 aromatic carbocycles. The summed E-state index contributed by atoms with van der Waals surface area (Å²) in [6, 6.07) is 7.01. The van der Waals surface area contributed by atoms with E-state index in [-0.39, 0.29) is 6.54 Å². The monoisotopic (exact) mass is 439 g/mol. The van der Waals surface area contributed by atoms with Gasteiger partial charge in [-0.3, -0.25) is 13.9 Å². The van der Waals surface area contributed by atoms with Crippen molar-refractivity contribution in [3.05, 3.63) is 57.1 Å². The zero-order valence-electron chi connectivity index (χ0n) is 18.9. The smallest absolute Gasteiger partial charge is 0.419 e. The van der Waals surface area contributed by atoms with Gasteiger partial charge in [-0.2, -0.15) is 0 Å². The van der Waals surface area contributed by atoms with Crippen LogP contribution in [0.4, 0.5) is 4.79 Å². The molecular formula is C22H25N5O5. The molecule has 0 bridgehead atoms. The Morgan fingerprint density at radius 3 is 2.50 bits per heavy atom. The van der Waals surface area contributed by atoms with Crippen LogP contribution in [0.5, 0.6) is 5.75 Å². The van der Waals surface area contributed by atoms with Crippen LogP contribution < -0.4 is 16.0 Å². The summed E-state index contributed by atoms with van der Waals surface area (Å²) in [7, 11) is 4.80. The van der Waals surface area contributed by atoms with Gasteiger partial charge in [0.2, 0.25) is 0 Å². The first-order valence-electron chi connectivity index (χ1n) is 10.0.